The van der Waals surface area contributed by atoms with Gasteiger partial charge >= 0.3 is 0 Å². The molecule has 1 amide bonds. The van der Waals surface area contributed by atoms with Gasteiger partial charge in [0.25, 0.3) is 5.91 Å². The van der Waals surface area contributed by atoms with Gasteiger partial charge in [-0.3, -0.25) is 4.79 Å². The van der Waals surface area contributed by atoms with Crippen molar-refractivity contribution < 1.29 is 4.79 Å². The van der Waals surface area contributed by atoms with Crippen molar-refractivity contribution in [3.05, 3.63) is 58.4 Å². The van der Waals surface area contributed by atoms with Crippen LogP contribution in [0.3, 0.4) is 0 Å². The molecule has 3 aromatic rings. The first kappa shape index (κ1) is 15.6. The molecule has 0 bridgehead atoms. The van der Waals surface area contributed by atoms with E-state index in [-0.39, 0.29) is 5.91 Å². The molecule has 0 aromatic carbocycles. The number of carbonyl (C=O) groups is 1. The van der Waals surface area contributed by atoms with Crippen molar-refractivity contribution in [2.45, 2.75) is 20.4 Å². The Bertz CT molecular complexity index is 788. The Balaban J connectivity index is 1.83. The number of anilines is 1. The molecule has 0 atom stereocenters. The van der Waals surface area contributed by atoms with Crippen molar-refractivity contribution in [2.75, 3.05) is 18.0 Å². The first-order valence-electron chi connectivity index (χ1n) is 7.89. The van der Waals surface area contributed by atoms with E-state index in [0.717, 1.165) is 29.3 Å². The number of carbonyl (C=O) groups excluding carboxylic acids is 1. The smallest absolute Gasteiger partial charge is 0.253 e. The summed E-state index contributed by atoms with van der Waals surface area (Å²) in [4.78, 5) is 15.8. The van der Waals surface area contributed by atoms with E-state index in [1.165, 1.54) is 0 Å². The highest BCUT2D eigenvalue weighted by Crippen LogP contribution is 2.20. The average molecular weight is 327 g/mol. The van der Waals surface area contributed by atoms with E-state index < -0.39 is 0 Å². The van der Waals surface area contributed by atoms with E-state index >= 15 is 0 Å². The lowest BCUT2D eigenvalue weighted by Gasteiger charge is -2.20. The summed E-state index contributed by atoms with van der Waals surface area (Å²) in [5.41, 5.74) is 1.78. The standard InChI is InChI=1S/C18H21N3OS/c1-3-20(4-2)17-10-9-15-8-7-14(13-21(15)17)18(22)19-12-16-6-5-11-23-16/h5-11,13H,3-4,12H2,1-2H3,(H,19,22). The van der Waals surface area contributed by atoms with Crippen LogP contribution in [-0.2, 0) is 6.54 Å². The summed E-state index contributed by atoms with van der Waals surface area (Å²) < 4.78 is 2.09. The quantitative estimate of drug-likeness (QED) is 0.748. The molecule has 3 rings (SSSR count). The maximum Gasteiger partial charge on any atom is 0.253 e. The summed E-state index contributed by atoms with van der Waals surface area (Å²) in [6.45, 7) is 6.74. The Hall–Kier alpha value is -2.27. The number of fused-ring (bicyclic) bond motifs is 1. The Labute approximate surface area is 140 Å². The molecular formula is C18H21N3OS. The number of pyridine rings is 1. The molecule has 0 saturated carbocycles. The number of hydrogen-bond acceptors (Lipinski definition) is 3. The molecule has 3 aromatic heterocycles. The summed E-state index contributed by atoms with van der Waals surface area (Å²) in [5, 5.41) is 5.00. The van der Waals surface area contributed by atoms with E-state index in [9.17, 15) is 4.79 Å². The predicted molar refractivity (Wildman–Crippen MR) is 96.4 cm³/mol. The molecule has 1 N–H and O–H groups in total. The van der Waals surface area contributed by atoms with Crippen molar-refractivity contribution in [3.8, 4) is 0 Å². The Morgan fingerprint density at radius 2 is 1.96 bits per heavy atom. The monoisotopic (exact) mass is 327 g/mol. The predicted octanol–water partition coefficient (Wildman–Crippen LogP) is 3.78. The summed E-state index contributed by atoms with van der Waals surface area (Å²) in [5.74, 6) is 1.08. The maximum absolute atomic E-state index is 12.4. The molecule has 0 spiro atoms. The van der Waals surface area contributed by atoms with Gasteiger partial charge in [-0.2, -0.15) is 0 Å². The van der Waals surface area contributed by atoms with E-state index in [1.807, 2.05) is 35.8 Å². The number of amides is 1. The second kappa shape index (κ2) is 6.87. The van der Waals surface area contributed by atoms with Crippen molar-refractivity contribution in [2.24, 2.45) is 0 Å². The van der Waals surface area contributed by atoms with Gasteiger partial charge in [0.05, 0.1) is 12.1 Å². The fourth-order valence-corrected chi connectivity index (χ4v) is 3.35. The third kappa shape index (κ3) is 3.24. The SMILES string of the molecule is CCN(CC)c1ccc2ccc(C(=O)NCc3cccs3)cn12. The highest BCUT2D eigenvalue weighted by atomic mass is 32.1. The molecule has 23 heavy (non-hydrogen) atoms. The van der Waals surface area contributed by atoms with Gasteiger partial charge in [0, 0.05) is 29.7 Å². The lowest BCUT2D eigenvalue weighted by Crippen LogP contribution is -2.24. The van der Waals surface area contributed by atoms with E-state index in [2.05, 4.69) is 40.6 Å². The molecule has 4 nitrogen and oxygen atoms in total. The van der Waals surface area contributed by atoms with Crippen LogP contribution in [0, 0.1) is 0 Å². The fraction of sp³-hybridized carbons (Fsp3) is 0.278. The zero-order valence-corrected chi connectivity index (χ0v) is 14.3. The van der Waals surface area contributed by atoms with Crippen LogP contribution in [0.1, 0.15) is 29.1 Å². The zero-order chi connectivity index (χ0) is 16.2. The van der Waals surface area contributed by atoms with E-state index in [0.29, 0.717) is 12.1 Å². The van der Waals surface area contributed by atoms with Gasteiger partial charge < -0.3 is 14.6 Å². The van der Waals surface area contributed by atoms with Crippen LogP contribution in [0.15, 0.2) is 48.0 Å². The largest absolute Gasteiger partial charge is 0.358 e. The summed E-state index contributed by atoms with van der Waals surface area (Å²) >= 11 is 1.65. The van der Waals surface area contributed by atoms with Crippen LogP contribution in [0.25, 0.3) is 5.52 Å². The minimum absolute atomic E-state index is 0.0421. The number of nitrogens with one attached hydrogen (secondary N) is 1. The fourth-order valence-electron chi connectivity index (χ4n) is 2.71. The highest BCUT2D eigenvalue weighted by Gasteiger charge is 2.11. The summed E-state index contributed by atoms with van der Waals surface area (Å²) in [7, 11) is 0. The lowest BCUT2D eigenvalue weighted by molar-refractivity contribution is 0.0951. The molecule has 5 heteroatoms. The molecule has 120 valence electrons. The first-order chi connectivity index (χ1) is 11.2. The molecule has 0 unspecified atom stereocenters. The van der Waals surface area contributed by atoms with Gasteiger partial charge in [-0.05, 0) is 49.6 Å². The minimum Gasteiger partial charge on any atom is -0.358 e. The van der Waals surface area contributed by atoms with Gasteiger partial charge in [0.2, 0.25) is 0 Å². The van der Waals surface area contributed by atoms with Gasteiger partial charge in [-0.15, -0.1) is 11.3 Å². The summed E-state index contributed by atoms with van der Waals surface area (Å²) in [6.07, 6.45) is 1.92. The van der Waals surface area contributed by atoms with Gasteiger partial charge in [-0.25, -0.2) is 0 Å². The second-order valence-electron chi connectivity index (χ2n) is 5.34. The van der Waals surface area contributed by atoms with Crippen molar-refractivity contribution in [1.29, 1.82) is 0 Å². The number of thiophene rings is 1. The first-order valence-corrected chi connectivity index (χ1v) is 8.77. The van der Waals surface area contributed by atoms with E-state index in [4.69, 9.17) is 0 Å². The van der Waals surface area contributed by atoms with Crippen LogP contribution in [0.5, 0.6) is 0 Å². The third-order valence-corrected chi connectivity index (χ3v) is 4.86. The van der Waals surface area contributed by atoms with Gasteiger partial charge in [0.1, 0.15) is 5.82 Å². The van der Waals surface area contributed by atoms with Crippen LogP contribution in [0.2, 0.25) is 0 Å². The number of aromatic nitrogens is 1. The number of nitrogens with zero attached hydrogens (tertiary/aromatic N) is 2. The third-order valence-electron chi connectivity index (χ3n) is 3.98. The van der Waals surface area contributed by atoms with Crippen LogP contribution >= 0.6 is 11.3 Å². The molecule has 0 fully saturated rings. The molecule has 0 aliphatic heterocycles. The highest BCUT2D eigenvalue weighted by molar-refractivity contribution is 7.09. The van der Waals surface area contributed by atoms with E-state index in [1.54, 1.807) is 11.3 Å². The van der Waals surface area contributed by atoms with Gasteiger partial charge in [0.15, 0.2) is 0 Å². The van der Waals surface area contributed by atoms with Crippen LogP contribution in [0.4, 0.5) is 5.82 Å². The number of rotatable bonds is 6. The normalized spacial score (nSPS) is 10.9. The molecule has 3 heterocycles. The van der Waals surface area contributed by atoms with Crippen molar-refractivity contribution in [1.82, 2.24) is 9.72 Å². The second-order valence-corrected chi connectivity index (χ2v) is 6.37. The van der Waals surface area contributed by atoms with Crippen LogP contribution < -0.4 is 10.2 Å². The molecule has 0 radical (unpaired) electrons. The molecule has 0 aliphatic rings. The van der Waals surface area contributed by atoms with Crippen molar-refractivity contribution >= 4 is 28.6 Å². The maximum atomic E-state index is 12.4. The average Bonchev–Trinajstić information content (AvgIpc) is 3.23. The minimum atomic E-state index is -0.0421. The summed E-state index contributed by atoms with van der Waals surface area (Å²) in [6, 6.07) is 12.1. The topological polar surface area (TPSA) is 36.8 Å². The zero-order valence-electron chi connectivity index (χ0n) is 13.5. The van der Waals surface area contributed by atoms with Crippen molar-refractivity contribution in [3.63, 3.8) is 0 Å². The Morgan fingerprint density at radius 3 is 2.65 bits per heavy atom. The molecular weight excluding hydrogens is 306 g/mol. The molecule has 0 aliphatic carbocycles. The Kier molecular flexibility index (Phi) is 4.67. The lowest BCUT2D eigenvalue weighted by atomic mass is 10.2. The van der Waals surface area contributed by atoms with Crippen LogP contribution in [-0.4, -0.2) is 23.4 Å². The number of hydrogen-bond donors (Lipinski definition) is 1. The Morgan fingerprint density at radius 1 is 1.17 bits per heavy atom. The molecule has 0 saturated heterocycles. The van der Waals surface area contributed by atoms with Gasteiger partial charge in [-0.1, -0.05) is 6.07 Å².